The van der Waals surface area contributed by atoms with Crippen molar-refractivity contribution >= 4 is 11.8 Å². The van der Waals surface area contributed by atoms with Gasteiger partial charge in [-0.3, -0.25) is 10.3 Å². The highest BCUT2D eigenvalue weighted by molar-refractivity contribution is 5.82. The Hall–Kier alpha value is -2.63. The second-order valence-corrected chi connectivity index (χ2v) is 3.17. The lowest BCUT2D eigenvalue weighted by molar-refractivity contribution is 0.209. The molecule has 0 aliphatic carbocycles. The maximum absolute atomic E-state index is 11.4. The first kappa shape index (κ1) is 10.9. The van der Waals surface area contributed by atoms with Crippen LogP contribution in [0.15, 0.2) is 45.9 Å². The van der Waals surface area contributed by atoms with E-state index < -0.39 is 11.7 Å². The van der Waals surface area contributed by atoms with Crippen LogP contribution in [0.4, 0.5) is 10.5 Å². The van der Waals surface area contributed by atoms with Crippen LogP contribution in [-0.4, -0.2) is 16.2 Å². The van der Waals surface area contributed by atoms with Crippen molar-refractivity contribution in [1.29, 1.82) is 0 Å². The lowest BCUT2D eigenvalue weighted by atomic mass is 10.2. The molecule has 2 aromatic rings. The zero-order valence-electron chi connectivity index (χ0n) is 8.58. The van der Waals surface area contributed by atoms with Gasteiger partial charge >= 0.3 is 11.7 Å². The Morgan fingerprint density at radius 3 is 2.76 bits per heavy atom. The van der Waals surface area contributed by atoms with Gasteiger partial charge in [0.25, 0.3) is 0 Å². The van der Waals surface area contributed by atoms with Crippen LogP contribution in [-0.2, 0) is 0 Å². The smallest absolute Gasteiger partial charge is 0.409 e. The van der Waals surface area contributed by atoms with Crippen LogP contribution in [0.2, 0.25) is 0 Å². The zero-order chi connectivity index (χ0) is 12.3. The van der Waals surface area contributed by atoms with Crippen molar-refractivity contribution in [1.82, 2.24) is 4.98 Å². The van der Waals surface area contributed by atoms with Crippen LogP contribution in [0.25, 0.3) is 11.3 Å². The molecule has 6 nitrogen and oxygen atoms in total. The van der Waals surface area contributed by atoms with E-state index in [4.69, 9.17) is 9.52 Å². The van der Waals surface area contributed by atoms with Gasteiger partial charge in [-0.2, -0.15) is 0 Å². The molecule has 0 bridgehead atoms. The minimum atomic E-state index is -1.31. The van der Waals surface area contributed by atoms with E-state index in [1.807, 2.05) is 5.32 Å². The number of aromatic nitrogens is 1. The van der Waals surface area contributed by atoms with Gasteiger partial charge in [-0.25, -0.2) is 9.59 Å². The summed E-state index contributed by atoms with van der Waals surface area (Å²) in [4.78, 5) is 25.7. The summed E-state index contributed by atoms with van der Waals surface area (Å²) < 4.78 is 4.97. The fraction of sp³-hybridized carbons (Fsp3) is 0. The van der Waals surface area contributed by atoms with Crippen LogP contribution >= 0.6 is 0 Å². The number of nitrogens with zero attached hydrogens (tertiary/aromatic N) is 1. The summed E-state index contributed by atoms with van der Waals surface area (Å²) in [5, 5.41) is 10.4. The highest BCUT2D eigenvalue weighted by Crippen LogP contribution is 2.17. The second kappa shape index (κ2) is 4.48. The molecule has 2 heterocycles. The summed E-state index contributed by atoms with van der Waals surface area (Å²) in [6, 6.07) is 6.29. The molecular weight excluding hydrogens is 224 g/mol. The summed E-state index contributed by atoms with van der Waals surface area (Å²) >= 11 is 0. The lowest BCUT2D eigenvalue weighted by Gasteiger charge is -2.01. The summed E-state index contributed by atoms with van der Waals surface area (Å²) in [5.74, 6) is 0.332. The van der Waals surface area contributed by atoms with Crippen molar-refractivity contribution in [2.75, 3.05) is 5.32 Å². The largest absolute Gasteiger partial charge is 0.465 e. The Kier molecular flexibility index (Phi) is 2.87. The van der Waals surface area contributed by atoms with Crippen molar-refractivity contribution in [3.63, 3.8) is 0 Å². The molecule has 86 valence electrons. The standard InChI is InChI=1S/C11H8N2O4/c14-10-8(13-11(15)16)3-4-9(17-10)7-2-1-5-12-6-7/h1-6,13H,(H,15,16). The summed E-state index contributed by atoms with van der Waals surface area (Å²) in [7, 11) is 0. The average Bonchev–Trinajstić information content (AvgIpc) is 2.32. The monoisotopic (exact) mass is 232 g/mol. The van der Waals surface area contributed by atoms with E-state index in [-0.39, 0.29) is 5.69 Å². The molecule has 0 saturated heterocycles. The first-order chi connectivity index (χ1) is 8.16. The molecule has 0 radical (unpaired) electrons. The predicted octanol–water partition coefficient (Wildman–Crippen LogP) is 1.79. The third-order valence-electron chi connectivity index (χ3n) is 2.01. The van der Waals surface area contributed by atoms with Gasteiger partial charge in [-0.1, -0.05) is 0 Å². The molecule has 0 aromatic carbocycles. The quantitative estimate of drug-likeness (QED) is 0.823. The van der Waals surface area contributed by atoms with Crippen LogP contribution in [0, 0.1) is 0 Å². The van der Waals surface area contributed by atoms with Gasteiger partial charge in [0.1, 0.15) is 11.4 Å². The summed E-state index contributed by atoms with van der Waals surface area (Å²) in [6.45, 7) is 0. The van der Waals surface area contributed by atoms with Crippen LogP contribution in [0.1, 0.15) is 0 Å². The maximum Gasteiger partial charge on any atom is 0.409 e. The number of anilines is 1. The number of hydrogen-bond acceptors (Lipinski definition) is 4. The molecule has 0 unspecified atom stereocenters. The number of pyridine rings is 1. The first-order valence-electron chi connectivity index (χ1n) is 4.71. The summed E-state index contributed by atoms with van der Waals surface area (Å²) in [5.41, 5.74) is -0.217. The normalized spacial score (nSPS) is 9.88. The molecule has 2 rings (SSSR count). The fourth-order valence-corrected chi connectivity index (χ4v) is 1.29. The zero-order valence-corrected chi connectivity index (χ0v) is 8.58. The van der Waals surface area contributed by atoms with Crippen LogP contribution in [0.5, 0.6) is 0 Å². The Labute approximate surface area is 95.5 Å². The van der Waals surface area contributed by atoms with Gasteiger partial charge in [0.05, 0.1) is 0 Å². The van der Waals surface area contributed by atoms with E-state index >= 15 is 0 Å². The predicted molar refractivity (Wildman–Crippen MR) is 59.9 cm³/mol. The molecule has 0 aliphatic rings. The fourth-order valence-electron chi connectivity index (χ4n) is 1.29. The van der Waals surface area contributed by atoms with Gasteiger partial charge < -0.3 is 9.52 Å². The number of rotatable bonds is 2. The van der Waals surface area contributed by atoms with Gasteiger partial charge in [-0.15, -0.1) is 0 Å². The second-order valence-electron chi connectivity index (χ2n) is 3.17. The maximum atomic E-state index is 11.4. The molecule has 0 saturated carbocycles. The SMILES string of the molecule is O=C(O)Nc1ccc(-c2cccnc2)oc1=O. The van der Waals surface area contributed by atoms with Gasteiger partial charge in [0.2, 0.25) is 0 Å². The molecule has 0 atom stereocenters. The van der Waals surface area contributed by atoms with E-state index in [2.05, 4.69) is 4.98 Å². The number of nitrogens with one attached hydrogen (secondary N) is 1. The van der Waals surface area contributed by atoms with Crippen molar-refractivity contribution in [2.45, 2.75) is 0 Å². The number of amides is 1. The molecule has 1 amide bonds. The molecule has 2 N–H and O–H groups in total. The van der Waals surface area contributed by atoms with Gasteiger partial charge in [-0.05, 0) is 24.3 Å². The number of carboxylic acid groups (broad SMARTS) is 1. The van der Waals surface area contributed by atoms with E-state index in [0.717, 1.165) is 0 Å². The highest BCUT2D eigenvalue weighted by Gasteiger charge is 2.07. The first-order valence-corrected chi connectivity index (χ1v) is 4.71. The van der Waals surface area contributed by atoms with Crippen LogP contribution < -0.4 is 10.9 Å². The number of hydrogen-bond donors (Lipinski definition) is 2. The van der Waals surface area contributed by atoms with Crippen molar-refractivity contribution in [3.05, 3.63) is 47.1 Å². The minimum absolute atomic E-state index is 0.120. The Balaban J connectivity index is 2.38. The molecule has 0 aliphatic heterocycles. The molecule has 2 aromatic heterocycles. The average molecular weight is 232 g/mol. The number of carbonyl (C=O) groups is 1. The Morgan fingerprint density at radius 2 is 2.18 bits per heavy atom. The summed E-state index contributed by atoms with van der Waals surface area (Å²) in [6.07, 6.45) is 1.83. The highest BCUT2D eigenvalue weighted by atomic mass is 16.4. The van der Waals surface area contributed by atoms with Crippen LogP contribution in [0.3, 0.4) is 0 Å². The van der Waals surface area contributed by atoms with E-state index in [9.17, 15) is 9.59 Å². The van der Waals surface area contributed by atoms with Crippen molar-refractivity contribution in [3.8, 4) is 11.3 Å². The van der Waals surface area contributed by atoms with E-state index in [0.29, 0.717) is 11.3 Å². The molecule has 17 heavy (non-hydrogen) atoms. The minimum Gasteiger partial charge on any atom is -0.465 e. The van der Waals surface area contributed by atoms with Crippen molar-refractivity contribution in [2.24, 2.45) is 0 Å². The Morgan fingerprint density at radius 1 is 1.35 bits per heavy atom. The topological polar surface area (TPSA) is 92.4 Å². The molecule has 6 heteroatoms. The Bertz CT molecular complexity index is 592. The van der Waals surface area contributed by atoms with Crippen molar-refractivity contribution < 1.29 is 14.3 Å². The molecule has 0 spiro atoms. The van der Waals surface area contributed by atoms with E-state index in [1.54, 1.807) is 24.5 Å². The third-order valence-corrected chi connectivity index (χ3v) is 2.01. The molecular formula is C11H8N2O4. The van der Waals surface area contributed by atoms with E-state index in [1.165, 1.54) is 12.1 Å². The lowest BCUT2D eigenvalue weighted by Crippen LogP contribution is -2.15. The molecule has 0 fully saturated rings. The van der Waals surface area contributed by atoms with Gasteiger partial charge in [0, 0.05) is 18.0 Å². The van der Waals surface area contributed by atoms with Gasteiger partial charge in [0.15, 0.2) is 0 Å². The third kappa shape index (κ3) is 2.49.